The van der Waals surface area contributed by atoms with Gasteiger partial charge in [0.1, 0.15) is 12.1 Å². The number of hydrogen-bond donors (Lipinski definition) is 0. The zero-order valence-corrected chi connectivity index (χ0v) is 10.4. The quantitative estimate of drug-likeness (QED) is 0.850. The largest absolute Gasteiger partial charge is 0.329 e. The van der Waals surface area contributed by atoms with Crippen molar-refractivity contribution >= 4 is 6.03 Å². The van der Waals surface area contributed by atoms with Crippen molar-refractivity contribution in [2.24, 2.45) is 0 Å². The number of halogens is 1. The summed E-state index contributed by atoms with van der Waals surface area (Å²) in [6.45, 7) is 0.502. The second-order valence-corrected chi connectivity index (χ2v) is 4.74. The predicted octanol–water partition coefficient (Wildman–Crippen LogP) is 2.65. The Kier molecular flexibility index (Phi) is 3.03. The fraction of sp³-hybridized carbons (Fsp3) is 0.286. The Morgan fingerprint density at radius 3 is 2.68 bits per heavy atom. The van der Waals surface area contributed by atoms with Crippen molar-refractivity contribution in [1.29, 1.82) is 0 Å². The van der Waals surface area contributed by atoms with Gasteiger partial charge in [-0.1, -0.05) is 12.1 Å². The fourth-order valence-corrected chi connectivity index (χ4v) is 2.05. The zero-order valence-electron chi connectivity index (χ0n) is 10.4. The van der Waals surface area contributed by atoms with Gasteiger partial charge in [0, 0.05) is 25.0 Å². The lowest BCUT2D eigenvalue weighted by atomic mass is 10.2. The topological polar surface area (TPSA) is 38.1 Å². The Morgan fingerprint density at radius 1 is 1.37 bits per heavy atom. The minimum Gasteiger partial charge on any atom is -0.317 e. The normalized spacial score (nSPS) is 14.4. The standard InChI is InChI=1S/C14H14FN3O/c15-12-3-1-11(2-4-12)9-18(13-5-6-13)14(19)17-8-7-16-10-17/h1-4,7-8,10,13H,5-6,9H2. The Balaban J connectivity index is 1.78. The zero-order chi connectivity index (χ0) is 13.2. The lowest BCUT2D eigenvalue weighted by Crippen LogP contribution is -2.35. The van der Waals surface area contributed by atoms with E-state index in [9.17, 15) is 9.18 Å². The molecule has 2 aromatic rings. The molecule has 1 aromatic carbocycles. The molecule has 19 heavy (non-hydrogen) atoms. The molecular weight excluding hydrogens is 245 g/mol. The number of amides is 1. The molecule has 0 radical (unpaired) electrons. The van der Waals surface area contributed by atoms with E-state index in [1.54, 1.807) is 24.5 Å². The van der Waals surface area contributed by atoms with Crippen LogP contribution in [0.15, 0.2) is 43.0 Å². The van der Waals surface area contributed by atoms with Crippen LogP contribution < -0.4 is 0 Å². The molecular formula is C14H14FN3O. The number of carbonyl (C=O) groups excluding carboxylic acids is 1. The van der Waals surface area contributed by atoms with Crippen molar-refractivity contribution in [3.05, 3.63) is 54.4 Å². The van der Waals surface area contributed by atoms with Crippen LogP contribution in [0.4, 0.5) is 9.18 Å². The van der Waals surface area contributed by atoms with Gasteiger partial charge in [-0.2, -0.15) is 0 Å². The van der Waals surface area contributed by atoms with E-state index in [1.807, 2.05) is 4.90 Å². The van der Waals surface area contributed by atoms with Gasteiger partial charge >= 0.3 is 6.03 Å². The highest BCUT2D eigenvalue weighted by atomic mass is 19.1. The smallest absolute Gasteiger partial charge is 0.317 e. The molecule has 4 nitrogen and oxygen atoms in total. The third kappa shape index (κ3) is 2.65. The van der Waals surface area contributed by atoms with Crippen LogP contribution in [-0.2, 0) is 6.54 Å². The van der Waals surface area contributed by atoms with E-state index in [4.69, 9.17) is 0 Å². The molecule has 0 saturated heterocycles. The van der Waals surface area contributed by atoms with Crippen molar-refractivity contribution in [1.82, 2.24) is 14.5 Å². The van der Waals surface area contributed by atoms with Crippen LogP contribution in [0.3, 0.4) is 0 Å². The first-order valence-electron chi connectivity index (χ1n) is 6.27. The van der Waals surface area contributed by atoms with E-state index < -0.39 is 0 Å². The van der Waals surface area contributed by atoms with E-state index in [2.05, 4.69) is 4.98 Å². The summed E-state index contributed by atoms with van der Waals surface area (Å²) in [6.07, 6.45) is 6.79. The molecule has 0 bridgehead atoms. The molecule has 5 heteroatoms. The molecule has 0 unspecified atom stereocenters. The third-order valence-corrected chi connectivity index (χ3v) is 3.22. The predicted molar refractivity (Wildman–Crippen MR) is 68.0 cm³/mol. The van der Waals surface area contributed by atoms with E-state index in [0.29, 0.717) is 12.6 Å². The Morgan fingerprint density at radius 2 is 2.11 bits per heavy atom. The van der Waals surface area contributed by atoms with E-state index in [-0.39, 0.29) is 11.8 Å². The molecule has 1 heterocycles. The Hall–Kier alpha value is -2.17. The molecule has 1 amide bonds. The molecule has 1 fully saturated rings. The van der Waals surface area contributed by atoms with Crippen LogP contribution in [0.2, 0.25) is 0 Å². The highest BCUT2D eigenvalue weighted by Gasteiger charge is 2.33. The maximum Gasteiger partial charge on any atom is 0.329 e. The SMILES string of the molecule is O=C(N(Cc1ccc(F)cc1)C1CC1)n1ccnc1. The van der Waals surface area contributed by atoms with Gasteiger partial charge in [0.2, 0.25) is 0 Å². The molecule has 0 spiro atoms. The van der Waals surface area contributed by atoms with Gasteiger partial charge in [0.15, 0.2) is 0 Å². The van der Waals surface area contributed by atoms with E-state index >= 15 is 0 Å². The molecule has 1 aliphatic rings. The lowest BCUT2D eigenvalue weighted by Gasteiger charge is -2.22. The number of imidazole rings is 1. The second kappa shape index (κ2) is 4.84. The Labute approximate surface area is 110 Å². The summed E-state index contributed by atoms with van der Waals surface area (Å²) in [6, 6.07) is 6.48. The molecule has 0 aliphatic heterocycles. The number of benzene rings is 1. The molecule has 1 aromatic heterocycles. The lowest BCUT2D eigenvalue weighted by molar-refractivity contribution is 0.193. The Bertz CT molecular complexity index is 561. The van der Waals surface area contributed by atoms with Gasteiger partial charge in [-0.25, -0.2) is 14.2 Å². The summed E-state index contributed by atoms with van der Waals surface area (Å²) >= 11 is 0. The van der Waals surface area contributed by atoms with Gasteiger partial charge < -0.3 is 4.90 Å². The number of hydrogen-bond acceptors (Lipinski definition) is 2. The van der Waals surface area contributed by atoms with E-state index in [0.717, 1.165) is 18.4 Å². The van der Waals surface area contributed by atoms with Crippen molar-refractivity contribution in [3.63, 3.8) is 0 Å². The maximum atomic E-state index is 12.9. The van der Waals surface area contributed by atoms with Crippen LogP contribution in [0, 0.1) is 5.82 Å². The van der Waals surface area contributed by atoms with Crippen molar-refractivity contribution in [3.8, 4) is 0 Å². The highest BCUT2D eigenvalue weighted by Crippen LogP contribution is 2.29. The number of carbonyl (C=O) groups is 1. The number of aromatic nitrogens is 2. The van der Waals surface area contributed by atoms with Crippen LogP contribution in [0.5, 0.6) is 0 Å². The summed E-state index contributed by atoms with van der Waals surface area (Å²) in [5.41, 5.74) is 0.932. The van der Waals surface area contributed by atoms with Crippen LogP contribution in [0.1, 0.15) is 18.4 Å². The van der Waals surface area contributed by atoms with Gasteiger partial charge in [-0.3, -0.25) is 4.57 Å². The molecule has 0 N–H and O–H groups in total. The summed E-state index contributed by atoms with van der Waals surface area (Å²) in [7, 11) is 0. The van der Waals surface area contributed by atoms with Gasteiger partial charge in [-0.15, -0.1) is 0 Å². The van der Waals surface area contributed by atoms with Crippen LogP contribution in [0.25, 0.3) is 0 Å². The maximum absolute atomic E-state index is 12.9. The molecule has 1 saturated carbocycles. The summed E-state index contributed by atoms with van der Waals surface area (Å²) < 4.78 is 14.4. The summed E-state index contributed by atoms with van der Waals surface area (Å²) in [5.74, 6) is -0.261. The van der Waals surface area contributed by atoms with Crippen molar-refractivity contribution < 1.29 is 9.18 Å². The van der Waals surface area contributed by atoms with Crippen LogP contribution in [-0.4, -0.2) is 26.5 Å². The average Bonchev–Trinajstić information content (AvgIpc) is 3.11. The fourth-order valence-electron chi connectivity index (χ4n) is 2.05. The van der Waals surface area contributed by atoms with Crippen LogP contribution >= 0.6 is 0 Å². The van der Waals surface area contributed by atoms with Crippen molar-refractivity contribution in [2.75, 3.05) is 0 Å². The minimum atomic E-state index is -0.261. The first-order chi connectivity index (χ1) is 9.24. The third-order valence-electron chi connectivity index (χ3n) is 3.22. The number of nitrogens with zero attached hydrogens (tertiary/aromatic N) is 3. The monoisotopic (exact) mass is 259 g/mol. The minimum absolute atomic E-state index is 0.0793. The molecule has 98 valence electrons. The highest BCUT2D eigenvalue weighted by molar-refractivity contribution is 5.77. The van der Waals surface area contributed by atoms with Crippen molar-refractivity contribution in [2.45, 2.75) is 25.4 Å². The molecule has 3 rings (SSSR count). The first kappa shape index (κ1) is 11.9. The summed E-state index contributed by atoms with van der Waals surface area (Å²) in [4.78, 5) is 18.0. The van der Waals surface area contributed by atoms with Gasteiger partial charge in [0.05, 0.1) is 0 Å². The van der Waals surface area contributed by atoms with E-state index in [1.165, 1.54) is 23.0 Å². The first-order valence-corrected chi connectivity index (χ1v) is 6.27. The molecule has 1 aliphatic carbocycles. The number of rotatable bonds is 3. The summed E-state index contributed by atoms with van der Waals surface area (Å²) in [5, 5.41) is 0. The van der Waals surface area contributed by atoms with Gasteiger partial charge in [-0.05, 0) is 30.5 Å². The second-order valence-electron chi connectivity index (χ2n) is 4.74. The average molecular weight is 259 g/mol. The molecule has 0 atom stereocenters. The van der Waals surface area contributed by atoms with Gasteiger partial charge in [0.25, 0.3) is 0 Å².